The quantitative estimate of drug-likeness (QED) is 0.134. The number of aromatic nitrogens is 3. The van der Waals surface area contributed by atoms with E-state index in [-0.39, 0.29) is 20.1 Å². The van der Waals surface area contributed by atoms with Gasteiger partial charge >= 0.3 is 0 Å². The van der Waals surface area contributed by atoms with E-state index in [1.807, 2.05) is 48.5 Å². The summed E-state index contributed by atoms with van der Waals surface area (Å²) in [7, 11) is 0. The molecule has 0 saturated carbocycles. The van der Waals surface area contributed by atoms with Gasteiger partial charge in [0.05, 0.1) is 33.1 Å². The molecule has 0 atom stereocenters. The van der Waals surface area contributed by atoms with Crippen LogP contribution in [0.15, 0.2) is 473 Å². The van der Waals surface area contributed by atoms with Crippen molar-refractivity contribution < 1.29 is 28.4 Å². The summed E-state index contributed by atoms with van der Waals surface area (Å²) >= 11 is 0. The van der Waals surface area contributed by atoms with E-state index in [4.69, 9.17) is 28.4 Å². The minimum Gasteiger partial charge on any atom is -0.458 e. The molecular formula is C126H78B3N3O6. The monoisotopic (exact) mass is 1760 g/mol. The fourth-order valence-electron chi connectivity index (χ4n) is 22.3. The van der Waals surface area contributed by atoms with Crippen LogP contribution in [0.25, 0.3) is 149 Å². The Morgan fingerprint density at radius 2 is 0.391 bits per heavy atom. The smallest absolute Gasteiger partial charge is 0.260 e. The molecule has 0 saturated heterocycles. The van der Waals surface area contributed by atoms with Gasteiger partial charge in [0, 0.05) is 71.3 Å². The molecule has 0 fully saturated rings. The van der Waals surface area contributed by atoms with Crippen molar-refractivity contribution in [3.05, 3.63) is 473 Å². The Bertz CT molecular complexity index is 8950. The molecule has 0 unspecified atom stereocenters. The molecule has 138 heavy (non-hydrogen) atoms. The van der Waals surface area contributed by atoms with Gasteiger partial charge in [-0.15, -0.1) is 0 Å². The Hall–Kier alpha value is -18.0. The summed E-state index contributed by atoms with van der Waals surface area (Å²) in [5.74, 6) is 10.5. The molecule has 9 heterocycles. The van der Waals surface area contributed by atoms with Crippen LogP contribution in [-0.4, -0.2) is 33.8 Å². The van der Waals surface area contributed by atoms with Gasteiger partial charge in [-0.25, -0.2) is 0 Å². The van der Waals surface area contributed by atoms with Gasteiger partial charge in [-0.3, -0.25) is 0 Å². The van der Waals surface area contributed by atoms with E-state index in [1.54, 1.807) is 0 Å². The van der Waals surface area contributed by atoms with E-state index < -0.39 is 0 Å². The average Bonchev–Trinajstić information content (AvgIpc) is 1.54. The van der Waals surface area contributed by atoms with E-state index in [2.05, 4.69) is 438 Å². The number of benzene rings is 21. The lowest BCUT2D eigenvalue weighted by Gasteiger charge is -2.34. The van der Waals surface area contributed by atoms with Crippen LogP contribution in [0.2, 0.25) is 0 Å². The second-order valence-electron chi connectivity index (χ2n) is 36.3. The lowest BCUT2D eigenvalue weighted by atomic mass is 9.34. The van der Waals surface area contributed by atoms with Gasteiger partial charge in [0.1, 0.15) is 69.0 Å². The second kappa shape index (κ2) is 31.9. The van der Waals surface area contributed by atoms with Crippen LogP contribution in [0, 0.1) is 0 Å². The maximum atomic E-state index is 6.67. The molecule has 0 aliphatic carbocycles. The van der Waals surface area contributed by atoms with E-state index >= 15 is 0 Å². The molecule has 12 heteroatoms. The van der Waals surface area contributed by atoms with Crippen molar-refractivity contribution in [2.24, 2.45) is 0 Å². The zero-order chi connectivity index (χ0) is 90.6. The Morgan fingerprint density at radius 1 is 0.145 bits per heavy atom. The van der Waals surface area contributed by atoms with Crippen LogP contribution in [0.3, 0.4) is 0 Å². The number of ether oxygens (including phenoxy) is 6. The first-order valence-corrected chi connectivity index (χ1v) is 47.1. The number of hydrogen-bond acceptors (Lipinski definition) is 6. The molecular weight excluding hydrogens is 1680 g/mol. The average molecular weight is 1760 g/mol. The highest BCUT2D eigenvalue weighted by Gasteiger charge is 2.44. The number of para-hydroxylation sites is 7. The van der Waals surface area contributed by atoms with Crippen molar-refractivity contribution in [1.29, 1.82) is 0 Å². The van der Waals surface area contributed by atoms with E-state index in [1.165, 1.54) is 82.1 Å². The van der Waals surface area contributed by atoms with Crippen molar-refractivity contribution in [3.63, 3.8) is 0 Å². The summed E-state index contributed by atoms with van der Waals surface area (Å²) in [6.45, 7) is 0.0358. The first-order valence-electron chi connectivity index (χ1n) is 47.1. The number of hydrogen-bond donors (Lipinski definition) is 0. The molecule has 30 rings (SSSR count). The highest BCUT2D eigenvalue weighted by molar-refractivity contribution is 6.99. The molecule has 0 amide bonds. The van der Waals surface area contributed by atoms with E-state index in [0.29, 0.717) is 0 Å². The highest BCUT2D eigenvalue weighted by atomic mass is 16.5. The molecule has 0 spiro atoms. The van der Waals surface area contributed by atoms with Gasteiger partial charge in [-0.05, 0) is 234 Å². The summed E-state index contributed by atoms with van der Waals surface area (Å²) < 4.78 is 46.3. The minimum absolute atomic E-state index is 0.000751. The van der Waals surface area contributed by atoms with E-state index in [9.17, 15) is 0 Å². The largest absolute Gasteiger partial charge is 0.458 e. The van der Waals surface area contributed by atoms with Gasteiger partial charge in [0.15, 0.2) is 0 Å². The van der Waals surface area contributed by atoms with E-state index in [0.717, 1.165) is 185 Å². The Labute approximate surface area is 797 Å². The first-order chi connectivity index (χ1) is 68.4. The molecule has 24 aromatic rings. The van der Waals surface area contributed by atoms with Crippen molar-refractivity contribution in [3.8, 4) is 153 Å². The second-order valence-corrected chi connectivity index (χ2v) is 36.3. The van der Waals surface area contributed by atoms with Crippen LogP contribution in [-0.2, 0) is 0 Å². The zero-order valence-electron chi connectivity index (χ0n) is 74.6. The van der Waals surface area contributed by atoms with Gasteiger partial charge < -0.3 is 42.1 Å². The summed E-state index contributed by atoms with van der Waals surface area (Å²) in [6, 6.07) is 168. The molecule has 6 aliphatic rings. The minimum atomic E-state index is -0.000751. The molecule has 642 valence electrons. The summed E-state index contributed by atoms with van der Waals surface area (Å²) in [5.41, 5.74) is 34.8. The zero-order valence-corrected chi connectivity index (χ0v) is 74.6. The standard InChI is InChI=1S/3C42H26BNO2/c1-2-10-28(11-3-1)31-14-8-15-34-42(31)46-40-19-9-18-39-41(40)43(34)35-26-29(22-25-38(35)45-39)27-20-23-30(24-21-27)44-36-16-6-4-12-32(36)33-13-5-7-17-37(33)44;1-2-9-27(10-3-1)30-19-23-34-41(26-30)46-40-16-8-15-39-42(40)43(34)35-25-29(20-24-38(35)45-39)28-17-21-31(22-18-28)44-36-13-6-4-11-32(36)33-12-5-7-14-37(33)44;1-2-9-27(10-3-1)29-20-24-38-35(25-29)43-34-23-19-30(26-41(34)46-40-16-8-15-39(45-38)42(40)43)28-17-21-31(22-18-28)44-36-13-6-4-11-32(36)33-12-5-7-14-37(33)44/h3*1-26H. The van der Waals surface area contributed by atoms with Crippen LogP contribution in [0.1, 0.15) is 0 Å². The van der Waals surface area contributed by atoms with Crippen molar-refractivity contribution in [1.82, 2.24) is 13.7 Å². The summed E-state index contributed by atoms with van der Waals surface area (Å²) in [5, 5.41) is 7.60. The molecule has 21 aromatic carbocycles. The topological polar surface area (TPSA) is 70.2 Å². The molecule has 0 radical (unpaired) electrons. The van der Waals surface area contributed by atoms with Crippen molar-refractivity contribution >= 4 is 135 Å². The molecule has 0 N–H and O–H groups in total. The number of rotatable bonds is 9. The lowest BCUT2D eigenvalue weighted by Crippen LogP contribution is -2.57. The number of nitrogens with zero attached hydrogens (tertiary/aromatic N) is 3. The van der Waals surface area contributed by atoms with Crippen LogP contribution in [0.4, 0.5) is 0 Å². The third kappa shape index (κ3) is 12.8. The first kappa shape index (κ1) is 78.7. The lowest BCUT2D eigenvalue weighted by molar-refractivity contribution is 0.464. The fourth-order valence-corrected chi connectivity index (χ4v) is 22.3. The van der Waals surface area contributed by atoms with Crippen molar-refractivity contribution in [2.45, 2.75) is 0 Å². The molecule has 6 aliphatic heterocycles. The number of fused-ring (bicyclic) bond motifs is 21. The molecule has 3 aromatic heterocycles. The SMILES string of the molecule is c1ccc(-c2ccc3c(c2)B2c4ccc(-c5ccc(-n6c7ccccc7c7ccccc76)cc5)cc4Oc4cccc(c42)O3)cc1.c1ccc(-c2ccc3c(c2)Oc2cccc4c2B3c2cc(-c3ccc(-n5c6ccccc6c6ccccc65)cc3)ccc2O4)cc1.c1ccc(-c2cccc3c2Oc2cccc4c2B3c2cc(-c3ccc(-n5c6ccccc6c6ccccc65)cc3)ccc2O4)cc1. The van der Waals surface area contributed by atoms with Crippen molar-refractivity contribution in [2.75, 3.05) is 0 Å². The Morgan fingerprint density at radius 3 is 0.717 bits per heavy atom. The summed E-state index contributed by atoms with van der Waals surface area (Å²) in [6.07, 6.45) is 0. The third-order valence-electron chi connectivity index (χ3n) is 28.6. The van der Waals surface area contributed by atoms with Crippen LogP contribution in [0.5, 0.6) is 69.0 Å². The van der Waals surface area contributed by atoms with Gasteiger partial charge in [-0.1, -0.05) is 334 Å². The fraction of sp³-hybridized carbons (Fsp3) is 0. The molecule has 9 nitrogen and oxygen atoms in total. The predicted molar refractivity (Wildman–Crippen MR) is 568 cm³/mol. The van der Waals surface area contributed by atoms with Gasteiger partial charge in [0.2, 0.25) is 0 Å². The maximum Gasteiger partial charge on any atom is 0.260 e. The molecule has 0 bridgehead atoms. The summed E-state index contributed by atoms with van der Waals surface area (Å²) in [4.78, 5) is 0. The normalized spacial score (nSPS) is 12.7. The Balaban J connectivity index is 0.000000102. The van der Waals surface area contributed by atoms with Gasteiger partial charge in [0.25, 0.3) is 20.1 Å². The predicted octanol–water partition coefficient (Wildman–Crippen LogP) is 26.5. The van der Waals surface area contributed by atoms with Gasteiger partial charge in [-0.2, -0.15) is 0 Å². The van der Waals surface area contributed by atoms with Crippen LogP contribution >= 0.6 is 0 Å². The highest BCUT2D eigenvalue weighted by Crippen LogP contribution is 2.46. The Kier molecular flexibility index (Phi) is 18.2. The van der Waals surface area contributed by atoms with Crippen LogP contribution < -0.4 is 77.6 Å². The third-order valence-corrected chi connectivity index (χ3v) is 28.6. The maximum absolute atomic E-state index is 6.67.